The van der Waals surface area contributed by atoms with E-state index in [0.29, 0.717) is 18.1 Å². The molecule has 3 aromatic rings. The number of methoxy groups -OCH3 is 1. The van der Waals surface area contributed by atoms with E-state index in [1.54, 1.807) is 48.2 Å². The van der Waals surface area contributed by atoms with Crippen LogP contribution in [0.25, 0.3) is 0 Å². The first kappa shape index (κ1) is 18.7. The fourth-order valence-electron chi connectivity index (χ4n) is 2.70. The Bertz CT molecular complexity index is 895. The van der Waals surface area contributed by atoms with Crippen molar-refractivity contribution in [1.82, 2.24) is 4.98 Å². The fraction of sp³-hybridized carbons (Fsp3) is 0.200. The van der Waals surface area contributed by atoms with E-state index in [0.717, 1.165) is 16.1 Å². The van der Waals surface area contributed by atoms with Crippen molar-refractivity contribution in [2.24, 2.45) is 0 Å². The van der Waals surface area contributed by atoms with E-state index in [2.05, 4.69) is 10.3 Å². The molecule has 0 saturated heterocycles. The van der Waals surface area contributed by atoms with E-state index >= 15 is 0 Å². The Morgan fingerprint density at radius 3 is 2.59 bits per heavy atom. The van der Waals surface area contributed by atoms with Gasteiger partial charge in [-0.3, -0.25) is 4.98 Å². The van der Waals surface area contributed by atoms with Crippen LogP contribution in [0.5, 0.6) is 11.5 Å². The van der Waals surface area contributed by atoms with Crippen LogP contribution in [0.2, 0.25) is 0 Å². The molecular weight excluding hydrogens is 364 g/mol. The number of anilines is 1. The predicted molar refractivity (Wildman–Crippen MR) is 105 cm³/mol. The lowest BCUT2D eigenvalue weighted by Crippen LogP contribution is -2.12. The Morgan fingerprint density at radius 2 is 2.00 bits per heavy atom. The summed E-state index contributed by atoms with van der Waals surface area (Å²) in [4.78, 5) is 16.3. The third kappa shape index (κ3) is 4.38. The predicted octanol–water partition coefficient (Wildman–Crippen LogP) is 4.45. The SMILES string of the molecule is CCOc1ccc(C(Nc2ccc(C(=O)O)cc2)c2cncs2)cc1OC. The number of nitrogens with one attached hydrogen (secondary N) is 1. The second kappa shape index (κ2) is 8.55. The number of carboxylic acid groups (broad SMARTS) is 1. The zero-order chi connectivity index (χ0) is 19.2. The maximum Gasteiger partial charge on any atom is 0.335 e. The maximum atomic E-state index is 11.0. The van der Waals surface area contributed by atoms with Gasteiger partial charge < -0.3 is 19.9 Å². The van der Waals surface area contributed by atoms with Crippen molar-refractivity contribution in [1.29, 1.82) is 0 Å². The molecule has 0 aliphatic rings. The summed E-state index contributed by atoms with van der Waals surface area (Å²) >= 11 is 1.54. The molecule has 0 amide bonds. The molecular formula is C20H20N2O4S. The first-order valence-electron chi connectivity index (χ1n) is 8.41. The van der Waals surface area contributed by atoms with Gasteiger partial charge >= 0.3 is 5.97 Å². The molecule has 1 atom stereocenters. The highest BCUT2D eigenvalue weighted by Gasteiger charge is 2.18. The number of aromatic carboxylic acids is 1. The van der Waals surface area contributed by atoms with Crippen molar-refractivity contribution in [3.8, 4) is 11.5 Å². The van der Waals surface area contributed by atoms with Crippen molar-refractivity contribution in [3.63, 3.8) is 0 Å². The summed E-state index contributed by atoms with van der Waals surface area (Å²) in [6, 6.07) is 12.3. The Kier molecular flexibility index (Phi) is 5.93. The first-order valence-corrected chi connectivity index (χ1v) is 9.29. The molecule has 0 bridgehead atoms. The number of hydrogen-bond acceptors (Lipinski definition) is 6. The molecule has 0 aliphatic heterocycles. The fourth-order valence-corrected chi connectivity index (χ4v) is 3.40. The zero-order valence-corrected chi connectivity index (χ0v) is 15.8. The monoisotopic (exact) mass is 384 g/mol. The normalized spacial score (nSPS) is 11.6. The number of hydrogen-bond donors (Lipinski definition) is 2. The van der Waals surface area contributed by atoms with E-state index in [4.69, 9.17) is 14.6 Å². The molecule has 0 fully saturated rings. The lowest BCUT2D eigenvalue weighted by molar-refractivity contribution is 0.0697. The average molecular weight is 384 g/mol. The van der Waals surface area contributed by atoms with Crippen LogP contribution in [0.1, 0.15) is 33.8 Å². The second-order valence-corrected chi connectivity index (χ2v) is 6.62. The minimum atomic E-state index is -0.947. The van der Waals surface area contributed by atoms with E-state index in [-0.39, 0.29) is 11.6 Å². The molecule has 0 aliphatic carbocycles. The number of ether oxygens (including phenoxy) is 2. The van der Waals surface area contributed by atoms with Crippen LogP contribution in [0.4, 0.5) is 5.69 Å². The summed E-state index contributed by atoms with van der Waals surface area (Å²) in [6.07, 6.45) is 1.82. The molecule has 1 unspecified atom stereocenters. The number of aromatic nitrogens is 1. The van der Waals surface area contributed by atoms with Crippen LogP contribution < -0.4 is 14.8 Å². The van der Waals surface area contributed by atoms with E-state index in [1.165, 1.54) is 0 Å². The topological polar surface area (TPSA) is 80.7 Å². The van der Waals surface area contributed by atoms with Crippen LogP contribution in [-0.2, 0) is 0 Å². The summed E-state index contributed by atoms with van der Waals surface area (Å²) < 4.78 is 11.1. The zero-order valence-electron chi connectivity index (χ0n) is 15.0. The van der Waals surface area contributed by atoms with Gasteiger partial charge in [0, 0.05) is 11.9 Å². The van der Waals surface area contributed by atoms with Gasteiger partial charge in [0.1, 0.15) is 0 Å². The summed E-state index contributed by atoms with van der Waals surface area (Å²) in [5, 5.41) is 12.5. The lowest BCUT2D eigenvalue weighted by Gasteiger charge is -2.20. The Hall–Kier alpha value is -3.06. The van der Waals surface area contributed by atoms with Gasteiger partial charge in [-0.05, 0) is 48.9 Å². The number of thiazole rings is 1. The van der Waals surface area contributed by atoms with Crippen LogP contribution in [-0.4, -0.2) is 29.8 Å². The van der Waals surface area contributed by atoms with E-state index in [1.807, 2.05) is 31.3 Å². The van der Waals surface area contributed by atoms with Gasteiger partial charge in [-0.15, -0.1) is 11.3 Å². The van der Waals surface area contributed by atoms with Gasteiger partial charge in [-0.1, -0.05) is 6.07 Å². The minimum Gasteiger partial charge on any atom is -0.493 e. The Labute approximate surface area is 161 Å². The molecule has 6 nitrogen and oxygen atoms in total. The van der Waals surface area contributed by atoms with E-state index in [9.17, 15) is 4.79 Å². The summed E-state index contributed by atoms with van der Waals surface area (Å²) in [6.45, 7) is 2.48. The van der Waals surface area contributed by atoms with Crippen molar-refractivity contribution in [2.45, 2.75) is 13.0 Å². The number of nitrogens with zero attached hydrogens (tertiary/aromatic N) is 1. The smallest absolute Gasteiger partial charge is 0.335 e. The quantitative estimate of drug-likeness (QED) is 0.597. The molecule has 1 aromatic heterocycles. The summed E-state index contributed by atoms with van der Waals surface area (Å²) in [7, 11) is 1.61. The third-order valence-electron chi connectivity index (χ3n) is 4.00. The van der Waals surface area contributed by atoms with Crippen LogP contribution in [0.15, 0.2) is 54.2 Å². The van der Waals surface area contributed by atoms with Crippen molar-refractivity contribution < 1.29 is 19.4 Å². The van der Waals surface area contributed by atoms with Gasteiger partial charge in [0.15, 0.2) is 11.5 Å². The summed E-state index contributed by atoms with van der Waals surface area (Å²) in [5.41, 5.74) is 3.83. The minimum absolute atomic E-state index is 0.155. The number of benzene rings is 2. The molecule has 27 heavy (non-hydrogen) atoms. The molecule has 0 radical (unpaired) electrons. The van der Waals surface area contributed by atoms with Gasteiger partial charge in [0.25, 0.3) is 0 Å². The molecule has 2 aromatic carbocycles. The van der Waals surface area contributed by atoms with Crippen LogP contribution in [0.3, 0.4) is 0 Å². The lowest BCUT2D eigenvalue weighted by atomic mass is 10.0. The Morgan fingerprint density at radius 1 is 1.22 bits per heavy atom. The van der Waals surface area contributed by atoms with Crippen molar-refractivity contribution in [3.05, 3.63) is 70.2 Å². The number of rotatable bonds is 8. The van der Waals surface area contributed by atoms with Crippen LogP contribution >= 0.6 is 11.3 Å². The van der Waals surface area contributed by atoms with Gasteiger partial charge in [0.05, 0.1) is 35.7 Å². The molecule has 0 saturated carbocycles. The van der Waals surface area contributed by atoms with Crippen molar-refractivity contribution >= 4 is 23.0 Å². The molecule has 1 heterocycles. The first-order chi connectivity index (χ1) is 13.1. The largest absolute Gasteiger partial charge is 0.493 e. The highest BCUT2D eigenvalue weighted by Crippen LogP contribution is 2.35. The van der Waals surface area contributed by atoms with Gasteiger partial charge in [-0.2, -0.15) is 0 Å². The highest BCUT2D eigenvalue weighted by atomic mass is 32.1. The molecule has 2 N–H and O–H groups in total. The standard InChI is InChI=1S/C20H20N2O4S/c1-3-26-16-9-6-14(10-17(16)25-2)19(18-11-21-12-27-18)22-15-7-4-13(5-8-15)20(23)24/h4-12,19,22H,3H2,1-2H3,(H,23,24). The Balaban J connectivity index is 1.94. The molecule has 140 valence electrons. The van der Waals surface area contributed by atoms with Gasteiger partial charge in [-0.25, -0.2) is 4.79 Å². The maximum absolute atomic E-state index is 11.0. The number of carboxylic acids is 1. The molecule has 3 rings (SSSR count). The van der Waals surface area contributed by atoms with Crippen molar-refractivity contribution in [2.75, 3.05) is 19.0 Å². The molecule has 7 heteroatoms. The van der Waals surface area contributed by atoms with Gasteiger partial charge in [0.2, 0.25) is 0 Å². The van der Waals surface area contributed by atoms with E-state index < -0.39 is 5.97 Å². The summed E-state index contributed by atoms with van der Waals surface area (Å²) in [5.74, 6) is 0.404. The second-order valence-electron chi connectivity index (χ2n) is 5.71. The average Bonchev–Trinajstić information content (AvgIpc) is 3.21. The van der Waals surface area contributed by atoms with Crippen LogP contribution in [0, 0.1) is 0 Å². The molecule has 0 spiro atoms. The number of carbonyl (C=O) groups is 1. The highest BCUT2D eigenvalue weighted by molar-refractivity contribution is 7.09. The third-order valence-corrected chi connectivity index (χ3v) is 4.84.